The third-order valence-electron chi connectivity index (χ3n) is 2.03. The molecule has 0 N–H and O–H groups in total. The van der Waals surface area contributed by atoms with Crippen LogP contribution in [0.5, 0.6) is 0 Å². The fourth-order valence-corrected chi connectivity index (χ4v) is 1.01. The van der Waals surface area contributed by atoms with Gasteiger partial charge in [0, 0.05) is 19.2 Å². The zero-order chi connectivity index (χ0) is 10.6. The van der Waals surface area contributed by atoms with E-state index in [1.165, 1.54) is 12.4 Å². The standard InChI is InChI=1S/C9H11FN4/c1-7(3-4-11)14(2)9-5-8(10)12-6-13-9/h5-7H,3H2,1-2H3. The van der Waals surface area contributed by atoms with Gasteiger partial charge in [-0.15, -0.1) is 0 Å². The van der Waals surface area contributed by atoms with Gasteiger partial charge in [0.25, 0.3) is 0 Å². The molecule has 1 atom stereocenters. The molecule has 0 radical (unpaired) electrons. The minimum Gasteiger partial charge on any atom is -0.356 e. The predicted octanol–water partition coefficient (Wildman–Crippen LogP) is 1.35. The van der Waals surface area contributed by atoms with Crippen molar-refractivity contribution in [2.75, 3.05) is 11.9 Å². The first kappa shape index (κ1) is 10.4. The van der Waals surface area contributed by atoms with Gasteiger partial charge in [0.05, 0.1) is 12.5 Å². The van der Waals surface area contributed by atoms with Gasteiger partial charge in [-0.05, 0) is 6.92 Å². The summed E-state index contributed by atoms with van der Waals surface area (Å²) in [6.07, 6.45) is 1.54. The van der Waals surface area contributed by atoms with Crippen molar-refractivity contribution in [3.8, 4) is 6.07 Å². The molecule has 0 aliphatic carbocycles. The number of nitrogens with zero attached hydrogens (tertiary/aromatic N) is 4. The topological polar surface area (TPSA) is 52.8 Å². The normalized spacial score (nSPS) is 11.9. The van der Waals surface area contributed by atoms with Crippen LogP contribution in [0.25, 0.3) is 0 Å². The Hall–Kier alpha value is -1.70. The van der Waals surface area contributed by atoms with Gasteiger partial charge in [0.1, 0.15) is 12.1 Å². The molecule has 0 saturated heterocycles. The maximum absolute atomic E-state index is 12.7. The van der Waals surface area contributed by atoms with E-state index in [9.17, 15) is 4.39 Å². The van der Waals surface area contributed by atoms with Crippen LogP contribution in [0.1, 0.15) is 13.3 Å². The van der Waals surface area contributed by atoms with Crippen molar-refractivity contribution in [2.24, 2.45) is 0 Å². The fourth-order valence-electron chi connectivity index (χ4n) is 1.01. The van der Waals surface area contributed by atoms with Crippen molar-refractivity contribution in [1.82, 2.24) is 9.97 Å². The van der Waals surface area contributed by atoms with Crippen molar-refractivity contribution in [2.45, 2.75) is 19.4 Å². The SMILES string of the molecule is CC(CC#N)N(C)c1cc(F)ncn1. The molecule has 0 saturated carbocycles. The number of nitriles is 1. The Morgan fingerprint density at radius 3 is 2.93 bits per heavy atom. The lowest BCUT2D eigenvalue weighted by Crippen LogP contribution is -2.29. The lowest BCUT2D eigenvalue weighted by Gasteiger charge is -2.23. The highest BCUT2D eigenvalue weighted by Crippen LogP contribution is 2.12. The maximum atomic E-state index is 12.7. The molecule has 1 aromatic heterocycles. The second kappa shape index (κ2) is 4.51. The summed E-state index contributed by atoms with van der Waals surface area (Å²) in [5.74, 6) is -0.0775. The van der Waals surface area contributed by atoms with Crippen LogP contribution in [0.3, 0.4) is 0 Å². The van der Waals surface area contributed by atoms with E-state index in [1.807, 2.05) is 6.92 Å². The van der Waals surface area contributed by atoms with Gasteiger partial charge < -0.3 is 4.90 Å². The molecule has 0 fully saturated rings. The Kier molecular flexibility index (Phi) is 3.35. The zero-order valence-electron chi connectivity index (χ0n) is 8.11. The summed E-state index contributed by atoms with van der Waals surface area (Å²) in [6, 6.07) is 3.31. The molecule has 0 amide bonds. The van der Waals surface area contributed by atoms with E-state index in [0.29, 0.717) is 12.2 Å². The molecule has 4 nitrogen and oxygen atoms in total. The predicted molar refractivity (Wildman–Crippen MR) is 50.1 cm³/mol. The van der Waals surface area contributed by atoms with E-state index in [2.05, 4.69) is 16.0 Å². The van der Waals surface area contributed by atoms with Gasteiger partial charge in [-0.2, -0.15) is 9.65 Å². The molecule has 0 aliphatic rings. The Bertz CT molecular complexity index is 347. The molecule has 1 unspecified atom stereocenters. The van der Waals surface area contributed by atoms with Gasteiger partial charge in [0.2, 0.25) is 5.95 Å². The van der Waals surface area contributed by atoms with E-state index in [-0.39, 0.29) is 6.04 Å². The molecule has 1 heterocycles. The second-order valence-corrected chi connectivity index (χ2v) is 3.02. The molecule has 0 bridgehead atoms. The highest BCUT2D eigenvalue weighted by molar-refractivity contribution is 5.37. The molecule has 0 aliphatic heterocycles. The lowest BCUT2D eigenvalue weighted by molar-refractivity contribution is 0.576. The Morgan fingerprint density at radius 2 is 2.36 bits per heavy atom. The Morgan fingerprint density at radius 1 is 1.64 bits per heavy atom. The summed E-state index contributed by atoms with van der Waals surface area (Å²) in [6.45, 7) is 1.88. The number of hydrogen-bond acceptors (Lipinski definition) is 4. The van der Waals surface area contributed by atoms with Gasteiger partial charge in [-0.25, -0.2) is 9.97 Å². The summed E-state index contributed by atoms with van der Waals surface area (Å²) >= 11 is 0. The Labute approximate surface area is 82.0 Å². The molecule has 0 aromatic carbocycles. The first-order chi connectivity index (χ1) is 6.65. The maximum Gasteiger partial charge on any atom is 0.218 e. The number of hydrogen-bond donors (Lipinski definition) is 0. The quantitative estimate of drug-likeness (QED) is 0.681. The molecule has 0 spiro atoms. The monoisotopic (exact) mass is 194 g/mol. The van der Waals surface area contributed by atoms with Gasteiger partial charge >= 0.3 is 0 Å². The van der Waals surface area contributed by atoms with Crippen LogP contribution in [-0.2, 0) is 0 Å². The van der Waals surface area contributed by atoms with Crippen LogP contribution in [0.4, 0.5) is 10.2 Å². The van der Waals surface area contributed by atoms with Crippen LogP contribution in [-0.4, -0.2) is 23.1 Å². The minimum absolute atomic E-state index is 0.00861. The molecule has 14 heavy (non-hydrogen) atoms. The number of anilines is 1. The zero-order valence-corrected chi connectivity index (χ0v) is 8.11. The average molecular weight is 194 g/mol. The van der Waals surface area contributed by atoms with E-state index in [0.717, 1.165) is 0 Å². The van der Waals surface area contributed by atoms with Crippen molar-refractivity contribution >= 4 is 5.82 Å². The highest BCUT2D eigenvalue weighted by Gasteiger charge is 2.11. The van der Waals surface area contributed by atoms with Crippen LogP contribution in [0, 0.1) is 17.3 Å². The highest BCUT2D eigenvalue weighted by atomic mass is 19.1. The van der Waals surface area contributed by atoms with Crippen LogP contribution >= 0.6 is 0 Å². The van der Waals surface area contributed by atoms with Crippen molar-refractivity contribution in [3.63, 3.8) is 0 Å². The smallest absolute Gasteiger partial charge is 0.218 e. The first-order valence-corrected chi connectivity index (χ1v) is 4.22. The summed E-state index contributed by atoms with van der Waals surface area (Å²) < 4.78 is 12.7. The molecule has 74 valence electrons. The fraction of sp³-hybridized carbons (Fsp3) is 0.444. The third-order valence-corrected chi connectivity index (χ3v) is 2.03. The van der Waals surface area contributed by atoms with Crippen LogP contribution in [0.2, 0.25) is 0 Å². The molecule has 5 heteroatoms. The largest absolute Gasteiger partial charge is 0.356 e. The third kappa shape index (κ3) is 2.39. The summed E-state index contributed by atoms with van der Waals surface area (Å²) in [7, 11) is 1.77. The van der Waals surface area contributed by atoms with Crippen molar-refractivity contribution in [1.29, 1.82) is 5.26 Å². The Balaban J connectivity index is 2.79. The second-order valence-electron chi connectivity index (χ2n) is 3.02. The summed E-state index contributed by atoms with van der Waals surface area (Å²) in [4.78, 5) is 9.01. The van der Waals surface area contributed by atoms with Crippen molar-refractivity contribution < 1.29 is 4.39 Å². The molecular formula is C9H11FN4. The van der Waals surface area contributed by atoms with E-state index < -0.39 is 5.95 Å². The van der Waals surface area contributed by atoms with Crippen molar-refractivity contribution in [3.05, 3.63) is 18.3 Å². The number of halogens is 1. The molecule has 1 aromatic rings. The number of rotatable bonds is 3. The van der Waals surface area contributed by atoms with Crippen LogP contribution < -0.4 is 4.90 Å². The van der Waals surface area contributed by atoms with E-state index in [4.69, 9.17) is 5.26 Å². The lowest BCUT2D eigenvalue weighted by atomic mass is 10.2. The van der Waals surface area contributed by atoms with E-state index in [1.54, 1.807) is 11.9 Å². The van der Waals surface area contributed by atoms with Crippen LogP contribution in [0.15, 0.2) is 12.4 Å². The average Bonchev–Trinajstić information content (AvgIpc) is 2.17. The summed E-state index contributed by atoms with van der Waals surface area (Å²) in [5, 5.41) is 8.50. The molecular weight excluding hydrogens is 183 g/mol. The molecule has 1 rings (SSSR count). The minimum atomic E-state index is -0.564. The summed E-state index contributed by atoms with van der Waals surface area (Å²) in [5.41, 5.74) is 0. The number of aromatic nitrogens is 2. The van der Waals surface area contributed by atoms with E-state index >= 15 is 0 Å². The van der Waals surface area contributed by atoms with Gasteiger partial charge in [-0.1, -0.05) is 0 Å². The van der Waals surface area contributed by atoms with Gasteiger partial charge in [0.15, 0.2) is 0 Å². The first-order valence-electron chi connectivity index (χ1n) is 4.22. The van der Waals surface area contributed by atoms with Gasteiger partial charge in [-0.3, -0.25) is 0 Å².